The van der Waals surface area contributed by atoms with Crippen molar-refractivity contribution < 1.29 is 4.74 Å². The lowest BCUT2D eigenvalue weighted by Crippen LogP contribution is -2.30. The first kappa shape index (κ1) is 13.4. The minimum Gasteiger partial charge on any atom is -0.496 e. The number of ether oxygens (including phenoxy) is 1. The molecule has 1 aromatic heterocycles. The maximum Gasteiger partial charge on any atom is 0.208 e. The minimum absolute atomic E-state index is 0.443. The third-order valence-corrected chi connectivity index (χ3v) is 4.92. The van der Waals surface area contributed by atoms with Crippen LogP contribution in [0.2, 0.25) is 0 Å². The number of benzene rings is 1. The third-order valence-electron chi connectivity index (χ3n) is 3.64. The topological polar surface area (TPSA) is 38.2 Å². The van der Waals surface area contributed by atoms with E-state index in [1.54, 1.807) is 18.4 Å². The van der Waals surface area contributed by atoms with Gasteiger partial charge in [-0.2, -0.15) is 0 Å². The molecule has 0 N–H and O–H groups in total. The molecule has 0 unspecified atom stereocenters. The number of hydrogen-bond donors (Lipinski definition) is 0. The van der Waals surface area contributed by atoms with Crippen molar-refractivity contribution in [1.29, 1.82) is 0 Å². The Bertz CT molecular complexity index is 609. The van der Waals surface area contributed by atoms with E-state index in [-0.39, 0.29) is 0 Å². The van der Waals surface area contributed by atoms with Crippen LogP contribution in [0.15, 0.2) is 18.2 Å². The van der Waals surface area contributed by atoms with Crippen molar-refractivity contribution in [3.8, 4) is 5.75 Å². The van der Waals surface area contributed by atoms with Crippen LogP contribution in [0.25, 0.3) is 0 Å². The fraction of sp³-hybridized carbons (Fsp3) is 0.467. The molecule has 3 rings (SSSR count). The highest BCUT2D eigenvalue weighted by molar-refractivity contribution is 7.15. The summed E-state index contributed by atoms with van der Waals surface area (Å²) in [6, 6.07) is 6.27. The van der Waals surface area contributed by atoms with Gasteiger partial charge in [0.15, 0.2) is 0 Å². The van der Waals surface area contributed by atoms with Gasteiger partial charge in [0.05, 0.1) is 7.11 Å². The largest absolute Gasteiger partial charge is 0.496 e. The Balaban J connectivity index is 1.84. The molecule has 1 aromatic carbocycles. The number of rotatable bonds is 3. The van der Waals surface area contributed by atoms with Crippen LogP contribution in [0, 0.1) is 0 Å². The van der Waals surface area contributed by atoms with Gasteiger partial charge in [-0.15, -0.1) is 10.2 Å². The van der Waals surface area contributed by atoms with Crippen LogP contribution < -0.4 is 9.64 Å². The molecule has 0 spiro atoms. The first-order chi connectivity index (χ1) is 9.69. The summed E-state index contributed by atoms with van der Waals surface area (Å²) in [6.07, 6.45) is 0.996. The van der Waals surface area contributed by atoms with Crippen molar-refractivity contribution in [2.24, 2.45) is 0 Å². The molecular weight excluding hydrogens is 270 g/mol. The molecule has 0 radical (unpaired) electrons. The van der Waals surface area contributed by atoms with Gasteiger partial charge in [-0.05, 0) is 18.1 Å². The molecule has 1 aliphatic heterocycles. The highest BCUT2D eigenvalue weighted by atomic mass is 32.1. The van der Waals surface area contributed by atoms with E-state index >= 15 is 0 Å². The van der Waals surface area contributed by atoms with Gasteiger partial charge in [-0.25, -0.2) is 0 Å². The van der Waals surface area contributed by atoms with Gasteiger partial charge in [0.25, 0.3) is 0 Å². The summed E-state index contributed by atoms with van der Waals surface area (Å²) in [5, 5.41) is 10.8. The summed E-state index contributed by atoms with van der Waals surface area (Å²) in [7, 11) is 1.74. The summed E-state index contributed by atoms with van der Waals surface area (Å²) in [4.78, 5) is 2.31. The number of nitrogens with zero attached hydrogens (tertiary/aromatic N) is 3. The molecule has 0 saturated heterocycles. The molecule has 0 saturated carbocycles. The number of hydrogen-bond acceptors (Lipinski definition) is 5. The van der Waals surface area contributed by atoms with Crippen LogP contribution in [0.4, 0.5) is 5.13 Å². The maximum absolute atomic E-state index is 5.45. The Morgan fingerprint density at radius 1 is 1.30 bits per heavy atom. The summed E-state index contributed by atoms with van der Waals surface area (Å²) >= 11 is 1.70. The quantitative estimate of drug-likeness (QED) is 0.869. The molecule has 5 heteroatoms. The Morgan fingerprint density at radius 2 is 2.15 bits per heavy atom. The number of fused-ring (bicyclic) bond motifs is 1. The SMILES string of the molecule is COc1cccc2c1CCN(c1nnc(C(C)C)s1)C2. The second-order valence-corrected chi connectivity index (χ2v) is 6.33. The molecule has 0 atom stereocenters. The van der Waals surface area contributed by atoms with Gasteiger partial charge in [0.2, 0.25) is 5.13 Å². The monoisotopic (exact) mass is 289 g/mol. The third kappa shape index (κ3) is 2.38. The van der Waals surface area contributed by atoms with Crippen molar-refractivity contribution in [2.45, 2.75) is 32.7 Å². The van der Waals surface area contributed by atoms with Crippen molar-refractivity contribution in [3.63, 3.8) is 0 Å². The smallest absolute Gasteiger partial charge is 0.208 e. The molecule has 0 bridgehead atoms. The standard InChI is InChI=1S/C15H19N3OS/c1-10(2)14-16-17-15(20-14)18-8-7-12-11(9-18)5-4-6-13(12)19-3/h4-6,10H,7-9H2,1-3H3. The Kier molecular flexibility index (Phi) is 3.61. The van der Waals surface area contributed by atoms with E-state index in [4.69, 9.17) is 4.74 Å². The van der Waals surface area contributed by atoms with Gasteiger partial charge >= 0.3 is 0 Å². The van der Waals surface area contributed by atoms with Crippen LogP contribution in [-0.2, 0) is 13.0 Å². The lowest BCUT2D eigenvalue weighted by atomic mass is 9.99. The van der Waals surface area contributed by atoms with Gasteiger partial charge in [0.1, 0.15) is 10.8 Å². The molecule has 2 aromatic rings. The van der Waals surface area contributed by atoms with Crippen molar-refractivity contribution in [2.75, 3.05) is 18.6 Å². The zero-order valence-electron chi connectivity index (χ0n) is 12.1. The second kappa shape index (κ2) is 5.40. The predicted molar refractivity (Wildman–Crippen MR) is 81.7 cm³/mol. The molecule has 2 heterocycles. The van der Waals surface area contributed by atoms with Gasteiger partial charge < -0.3 is 9.64 Å². The zero-order chi connectivity index (χ0) is 14.1. The van der Waals surface area contributed by atoms with Gasteiger partial charge in [0, 0.05) is 24.6 Å². The summed E-state index contributed by atoms with van der Waals surface area (Å²) in [5.41, 5.74) is 2.66. The highest BCUT2D eigenvalue weighted by Crippen LogP contribution is 2.32. The first-order valence-corrected chi connectivity index (χ1v) is 7.73. The van der Waals surface area contributed by atoms with Crippen molar-refractivity contribution in [1.82, 2.24) is 10.2 Å². The molecule has 1 aliphatic rings. The summed E-state index contributed by atoms with van der Waals surface area (Å²) in [5.74, 6) is 1.45. The van der Waals surface area contributed by atoms with E-state index in [9.17, 15) is 0 Å². The molecule has 106 valence electrons. The average Bonchev–Trinajstić information content (AvgIpc) is 2.96. The summed E-state index contributed by atoms with van der Waals surface area (Å²) in [6.45, 7) is 6.17. The normalized spacial score (nSPS) is 14.5. The van der Waals surface area contributed by atoms with Crippen LogP contribution in [0.5, 0.6) is 5.75 Å². The number of anilines is 1. The first-order valence-electron chi connectivity index (χ1n) is 6.92. The van der Waals surface area contributed by atoms with Crippen LogP contribution in [0.1, 0.15) is 35.9 Å². The Morgan fingerprint density at radius 3 is 2.85 bits per heavy atom. The number of methoxy groups -OCH3 is 1. The predicted octanol–water partition coefficient (Wildman–Crippen LogP) is 3.23. The maximum atomic E-state index is 5.45. The highest BCUT2D eigenvalue weighted by Gasteiger charge is 2.22. The van der Waals surface area contributed by atoms with E-state index in [1.165, 1.54) is 11.1 Å². The van der Waals surface area contributed by atoms with Gasteiger partial charge in [-0.3, -0.25) is 0 Å². The molecule has 0 aliphatic carbocycles. The molecule has 0 fully saturated rings. The van der Waals surface area contributed by atoms with E-state index < -0.39 is 0 Å². The lowest BCUT2D eigenvalue weighted by Gasteiger charge is -2.29. The van der Waals surface area contributed by atoms with Crippen molar-refractivity contribution >= 4 is 16.5 Å². The fourth-order valence-electron chi connectivity index (χ4n) is 2.52. The fourth-order valence-corrected chi connectivity index (χ4v) is 3.39. The lowest BCUT2D eigenvalue weighted by molar-refractivity contribution is 0.407. The van der Waals surface area contributed by atoms with Crippen LogP contribution in [-0.4, -0.2) is 23.9 Å². The molecular formula is C15H19N3OS. The number of aromatic nitrogens is 2. The average molecular weight is 289 g/mol. The van der Waals surface area contributed by atoms with E-state index in [2.05, 4.69) is 41.1 Å². The summed E-state index contributed by atoms with van der Waals surface area (Å²) < 4.78 is 5.45. The molecule has 20 heavy (non-hydrogen) atoms. The van der Waals surface area contributed by atoms with Crippen LogP contribution in [0.3, 0.4) is 0 Å². The van der Waals surface area contributed by atoms with Crippen molar-refractivity contribution in [3.05, 3.63) is 34.3 Å². The second-order valence-electron chi connectivity index (χ2n) is 5.35. The van der Waals surface area contributed by atoms with Gasteiger partial charge in [-0.1, -0.05) is 37.3 Å². The Labute approximate surface area is 123 Å². The van der Waals surface area contributed by atoms with E-state index in [1.807, 2.05) is 6.07 Å². The Hall–Kier alpha value is -1.62. The molecule has 0 amide bonds. The zero-order valence-corrected chi connectivity index (χ0v) is 12.9. The van der Waals surface area contributed by atoms with E-state index in [0.717, 1.165) is 35.4 Å². The van der Waals surface area contributed by atoms with E-state index in [0.29, 0.717) is 5.92 Å². The van der Waals surface area contributed by atoms with Crippen LogP contribution >= 0.6 is 11.3 Å². The molecule has 4 nitrogen and oxygen atoms in total. The minimum atomic E-state index is 0.443.